The number of carbonyl (C=O) groups is 1. The highest BCUT2D eigenvalue weighted by Crippen LogP contribution is 2.43. The van der Waals surface area contributed by atoms with E-state index in [0.29, 0.717) is 50.9 Å². The molecule has 0 unspecified atom stereocenters. The number of nitrogens with one attached hydrogen (secondary N) is 1. The summed E-state index contributed by atoms with van der Waals surface area (Å²) in [6, 6.07) is 15.2. The topological polar surface area (TPSA) is 92.6 Å². The number of aliphatic hydroxyl groups is 1. The van der Waals surface area contributed by atoms with Gasteiger partial charge in [-0.15, -0.1) is 6.58 Å². The predicted molar refractivity (Wildman–Crippen MR) is 146 cm³/mol. The van der Waals surface area contributed by atoms with E-state index in [9.17, 15) is 4.79 Å². The van der Waals surface area contributed by atoms with Crippen molar-refractivity contribution >= 4 is 27.7 Å². The number of hydrogen-bond acceptors (Lipinski definition) is 7. The highest BCUT2D eigenvalue weighted by molar-refractivity contribution is 9.10. The van der Waals surface area contributed by atoms with Crippen LogP contribution in [-0.4, -0.2) is 80.0 Å². The number of amides is 1. The van der Waals surface area contributed by atoms with Crippen LogP contribution in [0.4, 0.5) is 0 Å². The number of benzene rings is 2. The summed E-state index contributed by atoms with van der Waals surface area (Å²) in [5, 5.41) is 12.1. The van der Waals surface area contributed by atoms with Gasteiger partial charge in [0.15, 0.2) is 11.6 Å². The lowest BCUT2D eigenvalue weighted by molar-refractivity contribution is -0.128. The quantitative estimate of drug-likeness (QED) is 0.299. The molecule has 0 radical (unpaired) electrons. The Hall–Kier alpha value is -2.72. The Morgan fingerprint density at radius 3 is 2.62 bits per heavy atom. The van der Waals surface area contributed by atoms with Gasteiger partial charge in [0.1, 0.15) is 5.75 Å². The summed E-state index contributed by atoms with van der Waals surface area (Å²) in [7, 11) is 0. The highest BCUT2D eigenvalue weighted by Gasteiger charge is 2.52. The van der Waals surface area contributed by atoms with Crippen molar-refractivity contribution in [3.8, 4) is 5.75 Å². The number of morpholine rings is 1. The van der Waals surface area contributed by atoms with Gasteiger partial charge < -0.3 is 24.6 Å². The molecule has 2 aromatic carbocycles. The third-order valence-electron chi connectivity index (χ3n) is 6.48. The smallest absolute Gasteiger partial charge is 0.252 e. The summed E-state index contributed by atoms with van der Waals surface area (Å²) < 4.78 is 18.4. The third-order valence-corrected chi connectivity index (χ3v) is 7.00. The number of aliphatic imine (C=N–C) groups is 1. The largest absolute Gasteiger partial charge is 0.494 e. The van der Waals surface area contributed by atoms with E-state index in [1.54, 1.807) is 6.08 Å². The lowest BCUT2D eigenvalue weighted by Gasteiger charge is -2.31. The van der Waals surface area contributed by atoms with Crippen LogP contribution < -0.4 is 10.1 Å². The molecule has 2 aromatic rings. The Morgan fingerprint density at radius 1 is 1.22 bits per heavy atom. The van der Waals surface area contributed by atoms with Crippen molar-refractivity contribution in [1.82, 2.24) is 10.2 Å². The fourth-order valence-electron chi connectivity index (χ4n) is 4.48. The molecule has 2 aliphatic rings. The van der Waals surface area contributed by atoms with Crippen molar-refractivity contribution in [2.45, 2.75) is 24.5 Å². The lowest BCUT2D eigenvalue weighted by Crippen LogP contribution is -2.50. The second-order valence-electron chi connectivity index (χ2n) is 9.04. The first-order chi connectivity index (χ1) is 18.1. The number of ether oxygens (including phenoxy) is 3. The molecule has 1 fully saturated rings. The molecule has 2 heterocycles. The summed E-state index contributed by atoms with van der Waals surface area (Å²) >= 11 is 3.49. The maximum absolute atomic E-state index is 13.8. The predicted octanol–water partition coefficient (Wildman–Crippen LogP) is 3.49. The number of hydrogen-bond donors (Lipinski definition) is 2. The normalized spacial score (nSPS) is 21.7. The van der Waals surface area contributed by atoms with Gasteiger partial charge in [-0.05, 0) is 42.0 Å². The Morgan fingerprint density at radius 2 is 1.95 bits per heavy atom. The SMILES string of the molecule is C=CC[C@@]1(C(=O)NCCN2CCOCC2)N=C(c2ccc(OCCCO)cc2)O[C@@H]1c1ccc(Br)cc1. The molecular weight excluding hydrogens is 538 g/mol. The van der Waals surface area contributed by atoms with Gasteiger partial charge in [0, 0.05) is 55.7 Å². The van der Waals surface area contributed by atoms with Crippen LogP contribution in [0.15, 0.2) is 70.7 Å². The van der Waals surface area contributed by atoms with Gasteiger partial charge in [0.2, 0.25) is 5.90 Å². The lowest BCUT2D eigenvalue weighted by atomic mass is 9.84. The van der Waals surface area contributed by atoms with Crippen LogP contribution >= 0.6 is 15.9 Å². The molecule has 9 heteroatoms. The van der Waals surface area contributed by atoms with E-state index >= 15 is 0 Å². The Kier molecular flexibility index (Phi) is 9.74. The fourth-order valence-corrected chi connectivity index (χ4v) is 4.74. The van der Waals surface area contributed by atoms with E-state index < -0.39 is 11.6 Å². The third kappa shape index (κ3) is 6.78. The van der Waals surface area contributed by atoms with Gasteiger partial charge in [-0.1, -0.05) is 34.1 Å². The Labute approximate surface area is 226 Å². The average molecular weight is 573 g/mol. The van der Waals surface area contributed by atoms with E-state index in [1.165, 1.54) is 0 Å². The van der Waals surface area contributed by atoms with Crippen LogP contribution in [-0.2, 0) is 14.3 Å². The summed E-state index contributed by atoms with van der Waals surface area (Å²) in [5.41, 5.74) is 0.423. The molecule has 0 bridgehead atoms. The molecule has 198 valence electrons. The zero-order chi connectivity index (χ0) is 26.1. The minimum absolute atomic E-state index is 0.0834. The molecule has 4 rings (SSSR count). The molecule has 0 aromatic heterocycles. The molecule has 8 nitrogen and oxygen atoms in total. The van der Waals surface area contributed by atoms with E-state index in [4.69, 9.17) is 24.3 Å². The molecule has 37 heavy (non-hydrogen) atoms. The second kappa shape index (κ2) is 13.2. The number of rotatable bonds is 12. The summed E-state index contributed by atoms with van der Waals surface area (Å²) in [5.74, 6) is 0.908. The average Bonchev–Trinajstić information content (AvgIpc) is 3.31. The van der Waals surface area contributed by atoms with E-state index in [1.807, 2.05) is 48.5 Å². The first kappa shape index (κ1) is 27.3. The van der Waals surface area contributed by atoms with Gasteiger partial charge >= 0.3 is 0 Å². The van der Waals surface area contributed by atoms with Gasteiger partial charge in [-0.2, -0.15) is 0 Å². The number of carbonyl (C=O) groups excluding carboxylic acids is 1. The van der Waals surface area contributed by atoms with E-state index in [0.717, 1.165) is 35.2 Å². The standard InChI is InChI=1S/C28H34BrN3O5/c1-2-12-28(27(34)30-13-14-32-15-19-35-20-16-32)25(21-4-8-23(29)9-5-21)37-26(31-28)22-6-10-24(11-7-22)36-18-3-17-33/h2,4-11,25,33H,1,3,12-20H2,(H,30,34)/t25-,28-/m1/s1. The fraction of sp³-hybridized carbons (Fsp3) is 0.429. The van der Waals surface area contributed by atoms with Crippen molar-refractivity contribution in [2.24, 2.45) is 4.99 Å². The first-order valence-electron chi connectivity index (χ1n) is 12.6. The Balaban J connectivity index is 1.58. The maximum atomic E-state index is 13.8. The van der Waals surface area contributed by atoms with Gasteiger partial charge in [0.25, 0.3) is 5.91 Å². The van der Waals surface area contributed by atoms with Crippen molar-refractivity contribution in [3.05, 3.63) is 76.8 Å². The van der Waals surface area contributed by atoms with Crippen LogP contribution in [0.25, 0.3) is 0 Å². The highest BCUT2D eigenvalue weighted by atomic mass is 79.9. The molecule has 2 atom stereocenters. The van der Waals surface area contributed by atoms with Crippen LogP contribution in [0, 0.1) is 0 Å². The summed E-state index contributed by atoms with van der Waals surface area (Å²) in [6.07, 6.45) is 2.00. The monoisotopic (exact) mass is 571 g/mol. The van der Waals surface area contributed by atoms with Crippen LogP contribution in [0.1, 0.15) is 30.1 Å². The molecule has 1 amide bonds. The van der Waals surface area contributed by atoms with Gasteiger partial charge in [0.05, 0.1) is 19.8 Å². The summed E-state index contributed by atoms with van der Waals surface area (Å²) in [4.78, 5) is 21.0. The van der Waals surface area contributed by atoms with Gasteiger partial charge in [-0.3, -0.25) is 9.69 Å². The molecule has 2 N–H and O–H groups in total. The minimum atomic E-state index is -1.19. The Bertz CT molecular complexity index is 1070. The number of halogens is 1. The zero-order valence-corrected chi connectivity index (χ0v) is 22.5. The zero-order valence-electron chi connectivity index (χ0n) is 20.9. The molecule has 0 aliphatic carbocycles. The first-order valence-corrected chi connectivity index (χ1v) is 13.4. The van der Waals surface area contributed by atoms with Crippen LogP contribution in [0.2, 0.25) is 0 Å². The molecular formula is C28H34BrN3O5. The second-order valence-corrected chi connectivity index (χ2v) is 9.96. The van der Waals surface area contributed by atoms with Crippen molar-refractivity contribution < 1.29 is 24.1 Å². The van der Waals surface area contributed by atoms with Crippen LogP contribution in [0.3, 0.4) is 0 Å². The van der Waals surface area contributed by atoms with Crippen molar-refractivity contribution in [3.63, 3.8) is 0 Å². The molecule has 0 saturated carbocycles. The summed E-state index contributed by atoms with van der Waals surface area (Å²) in [6.45, 7) is 8.85. The maximum Gasteiger partial charge on any atom is 0.252 e. The molecule has 1 saturated heterocycles. The van der Waals surface area contributed by atoms with Gasteiger partial charge in [-0.25, -0.2) is 4.99 Å². The van der Waals surface area contributed by atoms with Crippen LogP contribution in [0.5, 0.6) is 5.75 Å². The number of aliphatic hydroxyl groups excluding tert-OH is 1. The minimum Gasteiger partial charge on any atom is -0.494 e. The molecule has 2 aliphatic heterocycles. The number of nitrogens with zero attached hydrogens (tertiary/aromatic N) is 2. The van der Waals surface area contributed by atoms with Crippen molar-refractivity contribution in [2.75, 3.05) is 52.6 Å². The molecule has 0 spiro atoms. The van der Waals surface area contributed by atoms with E-state index in [-0.39, 0.29) is 12.5 Å². The van der Waals surface area contributed by atoms with E-state index in [2.05, 4.69) is 32.7 Å². The van der Waals surface area contributed by atoms with Crippen molar-refractivity contribution in [1.29, 1.82) is 0 Å².